The summed E-state index contributed by atoms with van der Waals surface area (Å²) < 4.78 is 2.11. The Bertz CT molecular complexity index is 449. The van der Waals surface area contributed by atoms with Gasteiger partial charge in [0.25, 0.3) is 0 Å². The second-order valence-electron chi connectivity index (χ2n) is 5.10. The van der Waals surface area contributed by atoms with Crippen LogP contribution in [0.2, 0.25) is 0 Å². The average Bonchev–Trinajstić information content (AvgIpc) is 2.75. The van der Waals surface area contributed by atoms with Crippen molar-refractivity contribution >= 4 is 11.5 Å². The maximum absolute atomic E-state index is 9.25. The van der Waals surface area contributed by atoms with Crippen LogP contribution in [0.1, 0.15) is 51.3 Å². The van der Waals surface area contributed by atoms with Gasteiger partial charge in [0.1, 0.15) is 17.6 Å². The first-order chi connectivity index (χ1) is 8.69. The molecule has 18 heavy (non-hydrogen) atoms. The number of nitrogen functional groups attached to an aromatic ring is 1. The second-order valence-corrected chi connectivity index (χ2v) is 5.10. The first-order valence-corrected chi connectivity index (χ1v) is 6.84. The topological polar surface area (TPSA) is 58.0 Å². The summed E-state index contributed by atoms with van der Waals surface area (Å²) in [5.41, 5.74) is 7.55. The van der Waals surface area contributed by atoms with E-state index in [9.17, 15) is 5.26 Å². The van der Waals surface area contributed by atoms with Crippen LogP contribution in [0.3, 0.4) is 0 Å². The lowest BCUT2D eigenvalue weighted by Crippen LogP contribution is -2.32. The smallest absolute Gasteiger partial charge is 0.133 e. The van der Waals surface area contributed by atoms with Crippen LogP contribution in [0, 0.1) is 11.3 Å². The van der Waals surface area contributed by atoms with Gasteiger partial charge in [-0.05, 0) is 38.7 Å². The molecule has 0 radical (unpaired) electrons. The second kappa shape index (κ2) is 5.34. The van der Waals surface area contributed by atoms with Crippen LogP contribution in [0.15, 0.2) is 6.07 Å². The predicted molar refractivity (Wildman–Crippen MR) is 74.6 cm³/mol. The van der Waals surface area contributed by atoms with Gasteiger partial charge in [0.15, 0.2) is 0 Å². The Morgan fingerprint density at radius 3 is 2.61 bits per heavy atom. The molecule has 1 fully saturated rings. The third-order valence-electron chi connectivity index (χ3n) is 3.84. The molecule has 2 rings (SSSR count). The van der Waals surface area contributed by atoms with E-state index < -0.39 is 0 Å². The zero-order valence-corrected chi connectivity index (χ0v) is 11.3. The predicted octanol–water partition coefficient (Wildman–Crippen LogP) is 2.90. The summed E-state index contributed by atoms with van der Waals surface area (Å²) in [5.74, 6) is 1.06. The highest BCUT2D eigenvalue weighted by Gasteiger charge is 2.22. The molecule has 0 unspecified atom stereocenters. The van der Waals surface area contributed by atoms with Gasteiger partial charge in [0.05, 0.1) is 5.69 Å². The zero-order chi connectivity index (χ0) is 13.1. The highest BCUT2D eigenvalue weighted by Crippen LogP contribution is 2.33. The fourth-order valence-electron chi connectivity index (χ4n) is 2.69. The van der Waals surface area contributed by atoms with Gasteiger partial charge in [-0.3, -0.25) is 0 Å². The Balaban J connectivity index is 2.44. The van der Waals surface area contributed by atoms with E-state index in [-0.39, 0.29) is 0 Å². The molecule has 0 aromatic carbocycles. The van der Waals surface area contributed by atoms with Crippen LogP contribution in [0.25, 0.3) is 0 Å². The van der Waals surface area contributed by atoms with E-state index in [1.807, 2.05) is 6.07 Å². The molecule has 0 spiro atoms. The van der Waals surface area contributed by atoms with Gasteiger partial charge in [-0.2, -0.15) is 5.26 Å². The molecule has 0 saturated carbocycles. The quantitative estimate of drug-likeness (QED) is 0.892. The zero-order valence-electron chi connectivity index (χ0n) is 11.3. The van der Waals surface area contributed by atoms with Gasteiger partial charge in [-0.1, -0.05) is 6.92 Å². The number of hydrogen-bond acceptors (Lipinski definition) is 3. The number of piperidine rings is 1. The standard InChI is InChI=1S/C14H22N4/c1-3-11(2)18-12(10-15)9-13(16)14(18)17-7-5-4-6-8-17/h9,11H,3-8,16H2,1-2H3/t11-/m1/s1. The lowest BCUT2D eigenvalue weighted by molar-refractivity contribution is 0.505. The highest BCUT2D eigenvalue weighted by atomic mass is 15.3. The molecule has 2 heterocycles. The third kappa shape index (κ3) is 2.17. The molecule has 0 aliphatic carbocycles. The highest BCUT2D eigenvalue weighted by molar-refractivity contribution is 5.68. The number of nitrogens with zero attached hydrogens (tertiary/aromatic N) is 3. The van der Waals surface area contributed by atoms with E-state index in [4.69, 9.17) is 5.73 Å². The van der Waals surface area contributed by atoms with Crippen molar-refractivity contribution < 1.29 is 0 Å². The largest absolute Gasteiger partial charge is 0.396 e. The summed E-state index contributed by atoms with van der Waals surface area (Å²) >= 11 is 0. The van der Waals surface area contributed by atoms with Gasteiger partial charge in [0, 0.05) is 19.1 Å². The molecule has 2 N–H and O–H groups in total. The van der Waals surface area contributed by atoms with Crippen molar-refractivity contribution in [2.75, 3.05) is 23.7 Å². The molecule has 1 aliphatic rings. The minimum Gasteiger partial charge on any atom is -0.396 e. The third-order valence-corrected chi connectivity index (χ3v) is 3.84. The molecule has 1 aliphatic heterocycles. The summed E-state index contributed by atoms with van der Waals surface area (Å²) in [6.07, 6.45) is 4.73. The van der Waals surface area contributed by atoms with Crippen LogP contribution >= 0.6 is 0 Å². The molecule has 4 nitrogen and oxygen atoms in total. The first kappa shape index (κ1) is 12.8. The molecule has 1 saturated heterocycles. The SMILES string of the molecule is CC[C@@H](C)n1c(C#N)cc(N)c1N1CCCCC1. The van der Waals surface area contributed by atoms with Crippen molar-refractivity contribution in [1.82, 2.24) is 4.57 Å². The Morgan fingerprint density at radius 1 is 1.39 bits per heavy atom. The van der Waals surface area contributed by atoms with E-state index in [1.54, 1.807) is 0 Å². The molecular formula is C14H22N4. The number of rotatable bonds is 3. The van der Waals surface area contributed by atoms with Crippen molar-refractivity contribution in [2.45, 2.75) is 45.6 Å². The summed E-state index contributed by atoms with van der Waals surface area (Å²) in [5, 5.41) is 9.25. The van der Waals surface area contributed by atoms with Gasteiger partial charge < -0.3 is 15.2 Å². The van der Waals surface area contributed by atoms with Crippen LogP contribution < -0.4 is 10.6 Å². The lowest BCUT2D eigenvalue weighted by Gasteiger charge is -2.32. The maximum atomic E-state index is 9.25. The fourth-order valence-corrected chi connectivity index (χ4v) is 2.69. The molecule has 98 valence electrons. The number of aromatic nitrogens is 1. The fraction of sp³-hybridized carbons (Fsp3) is 0.643. The number of anilines is 2. The van der Waals surface area contributed by atoms with Crippen LogP contribution in [-0.2, 0) is 0 Å². The molecular weight excluding hydrogens is 224 g/mol. The van der Waals surface area contributed by atoms with Crippen molar-refractivity contribution in [3.05, 3.63) is 11.8 Å². The van der Waals surface area contributed by atoms with E-state index in [0.717, 1.165) is 31.0 Å². The van der Waals surface area contributed by atoms with Gasteiger partial charge >= 0.3 is 0 Å². The number of hydrogen-bond donors (Lipinski definition) is 1. The Morgan fingerprint density at radius 2 is 2.06 bits per heavy atom. The van der Waals surface area contributed by atoms with Crippen molar-refractivity contribution in [1.29, 1.82) is 5.26 Å². The minimum atomic E-state index is 0.314. The van der Waals surface area contributed by atoms with E-state index >= 15 is 0 Å². The monoisotopic (exact) mass is 246 g/mol. The number of nitriles is 1. The number of nitrogens with two attached hydrogens (primary N) is 1. The first-order valence-electron chi connectivity index (χ1n) is 6.84. The lowest BCUT2D eigenvalue weighted by atomic mass is 10.1. The van der Waals surface area contributed by atoms with E-state index in [1.165, 1.54) is 19.3 Å². The summed E-state index contributed by atoms with van der Waals surface area (Å²) in [7, 11) is 0. The van der Waals surface area contributed by atoms with Gasteiger partial charge in [-0.15, -0.1) is 0 Å². The molecule has 1 atom stereocenters. The van der Waals surface area contributed by atoms with Gasteiger partial charge in [0.2, 0.25) is 0 Å². The Labute approximate surface area is 109 Å². The Hall–Kier alpha value is -1.63. The van der Waals surface area contributed by atoms with Crippen LogP contribution in [0.5, 0.6) is 0 Å². The van der Waals surface area contributed by atoms with Crippen LogP contribution in [-0.4, -0.2) is 17.7 Å². The molecule has 1 aromatic heterocycles. The van der Waals surface area contributed by atoms with Gasteiger partial charge in [-0.25, -0.2) is 0 Å². The average molecular weight is 246 g/mol. The van der Waals surface area contributed by atoms with Crippen molar-refractivity contribution in [3.63, 3.8) is 0 Å². The van der Waals surface area contributed by atoms with E-state index in [2.05, 4.69) is 29.4 Å². The maximum Gasteiger partial charge on any atom is 0.133 e. The molecule has 0 bridgehead atoms. The molecule has 0 amide bonds. The summed E-state index contributed by atoms with van der Waals surface area (Å²) in [6, 6.07) is 4.40. The normalized spacial score (nSPS) is 17.5. The summed E-state index contributed by atoms with van der Waals surface area (Å²) in [4.78, 5) is 2.34. The van der Waals surface area contributed by atoms with Crippen molar-refractivity contribution in [2.24, 2.45) is 0 Å². The van der Waals surface area contributed by atoms with Crippen LogP contribution in [0.4, 0.5) is 11.5 Å². The minimum absolute atomic E-state index is 0.314. The molecule has 4 heteroatoms. The van der Waals surface area contributed by atoms with Crippen molar-refractivity contribution in [3.8, 4) is 6.07 Å². The Kier molecular flexibility index (Phi) is 3.81. The molecule has 1 aromatic rings. The summed E-state index contributed by atoms with van der Waals surface area (Å²) in [6.45, 7) is 6.39. The van der Waals surface area contributed by atoms with E-state index in [0.29, 0.717) is 11.7 Å².